The van der Waals surface area contributed by atoms with E-state index >= 15 is 0 Å². The highest BCUT2D eigenvalue weighted by molar-refractivity contribution is 5.71. The van der Waals surface area contributed by atoms with Crippen molar-refractivity contribution in [1.29, 1.82) is 0 Å². The van der Waals surface area contributed by atoms with Gasteiger partial charge in [-0.3, -0.25) is 4.79 Å². The molecule has 0 saturated carbocycles. The fraction of sp³-hybridized carbons (Fsp3) is 0.536. The average Bonchev–Trinajstić information content (AvgIpc) is 2.82. The number of carboxylic acids is 1. The summed E-state index contributed by atoms with van der Waals surface area (Å²) in [6, 6.07) is 13.9. The topological polar surface area (TPSA) is 74.2 Å². The van der Waals surface area contributed by atoms with Crippen LogP contribution >= 0.6 is 0 Å². The van der Waals surface area contributed by atoms with Crippen molar-refractivity contribution in [3.8, 4) is 17.2 Å². The van der Waals surface area contributed by atoms with Crippen molar-refractivity contribution < 1.29 is 28.8 Å². The molecule has 0 amide bonds. The van der Waals surface area contributed by atoms with Gasteiger partial charge in [0.05, 0.1) is 31.3 Å². The van der Waals surface area contributed by atoms with Gasteiger partial charge in [0.15, 0.2) is 0 Å². The molecule has 1 saturated heterocycles. The summed E-state index contributed by atoms with van der Waals surface area (Å²) < 4.78 is 24.3. The number of aliphatic carboxylic acids is 1. The number of carbonyl (C=O) groups is 1. The van der Waals surface area contributed by atoms with Crippen LogP contribution in [0.25, 0.3) is 0 Å². The lowest BCUT2D eigenvalue weighted by atomic mass is 9.71. The normalized spacial score (nSPS) is 24.9. The third-order valence-corrected chi connectivity index (χ3v) is 6.94. The van der Waals surface area contributed by atoms with E-state index in [9.17, 15) is 9.90 Å². The van der Waals surface area contributed by atoms with Crippen molar-refractivity contribution in [1.82, 2.24) is 0 Å². The first-order chi connectivity index (χ1) is 16.3. The minimum absolute atomic E-state index is 0.0655. The lowest BCUT2D eigenvalue weighted by Gasteiger charge is -2.50. The second kappa shape index (κ2) is 10.3. The van der Waals surface area contributed by atoms with E-state index in [0.29, 0.717) is 26.1 Å². The Labute approximate surface area is 202 Å². The van der Waals surface area contributed by atoms with Crippen LogP contribution in [0.15, 0.2) is 42.5 Å². The van der Waals surface area contributed by atoms with Gasteiger partial charge in [-0.15, -0.1) is 0 Å². The van der Waals surface area contributed by atoms with Crippen molar-refractivity contribution in [3.63, 3.8) is 0 Å². The SMILES string of the molecule is CCCOc1ccc2c(c1)[C@H]1O[C@@H](CCc3ccc(OCC)cc3)[C@@H](C(=O)O)C[C@@H]1C(C)(C)O2. The molecule has 184 valence electrons. The summed E-state index contributed by atoms with van der Waals surface area (Å²) in [6.45, 7) is 9.36. The summed E-state index contributed by atoms with van der Waals surface area (Å²) in [5.74, 6) is 0.967. The van der Waals surface area contributed by atoms with Crippen LogP contribution in [0.2, 0.25) is 0 Å². The van der Waals surface area contributed by atoms with Crippen LogP contribution in [0, 0.1) is 11.8 Å². The van der Waals surface area contributed by atoms with Gasteiger partial charge in [-0.05, 0) is 82.3 Å². The standard InChI is InChI=1S/C28H36O6/c1-5-15-32-20-12-14-25-21(16-20)26-23(28(3,4)34-25)17-22(27(29)30)24(33-26)13-9-18-7-10-19(11-8-18)31-6-2/h7-8,10-12,14,16,22-24,26H,5-6,9,13,15,17H2,1-4H3,(H,29,30)/t22-,23-,24-,26+/m0/s1. The van der Waals surface area contributed by atoms with Gasteiger partial charge < -0.3 is 24.1 Å². The van der Waals surface area contributed by atoms with Crippen molar-refractivity contribution >= 4 is 5.97 Å². The number of carboxylic acid groups (broad SMARTS) is 1. The molecule has 6 nitrogen and oxygen atoms in total. The molecule has 2 aliphatic heterocycles. The third kappa shape index (κ3) is 5.17. The van der Waals surface area contributed by atoms with Crippen LogP contribution in [0.5, 0.6) is 17.2 Å². The molecule has 34 heavy (non-hydrogen) atoms. The first-order valence-electron chi connectivity index (χ1n) is 12.4. The summed E-state index contributed by atoms with van der Waals surface area (Å²) in [5, 5.41) is 10.0. The third-order valence-electron chi connectivity index (χ3n) is 6.94. The zero-order valence-electron chi connectivity index (χ0n) is 20.6. The molecule has 2 heterocycles. The van der Waals surface area contributed by atoms with Crippen molar-refractivity contribution in [3.05, 3.63) is 53.6 Å². The van der Waals surface area contributed by atoms with Crippen molar-refractivity contribution in [2.75, 3.05) is 13.2 Å². The first kappa shape index (κ1) is 24.4. The van der Waals surface area contributed by atoms with Gasteiger partial charge in [0.25, 0.3) is 0 Å². The molecule has 1 fully saturated rings. The zero-order chi connectivity index (χ0) is 24.3. The Hall–Kier alpha value is -2.73. The minimum atomic E-state index is -0.809. The number of benzene rings is 2. The van der Waals surface area contributed by atoms with E-state index in [-0.39, 0.29) is 18.1 Å². The van der Waals surface area contributed by atoms with E-state index in [0.717, 1.165) is 41.2 Å². The largest absolute Gasteiger partial charge is 0.494 e. The van der Waals surface area contributed by atoms with Crippen molar-refractivity contribution in [2.45, 2.75) is 71.2 Å². The fourth-order valence-electron chi connectivity index (χ4n) is 5.13. The second-order valence-electron chi connectivity index (χ2n) is 9.75. The molecular weight excluding hydrogens is 432 g/mol. The Balaban J connectivity index is 1.56. The van der Waals surface area contributed by atoms with Gasteiger partial charge in [-0.25, -0.2) is 0 Å². The molecule has 0 aliphatic carbocycles. The molecule has 0 unspecified atom stereocenters. The van der Waals surface area contributed by atoms with Gasteiger partial charge in [0.2, 0.25) is 0 Å². The number of ether oxygens (including phenoxy) is 4. The summed E-state index contributed by atoms with van der Waals surface area (Å²) in [4.78, 5) is 12.2. The summed E-state index contributed by atoms with van der Waals surface area (Å²) in [6.07, 6.45) is 2.20. The highest BCUT2D eigenvalue weighted by atomic mass is 16.5. The maximum atomic E-state index is 12.2. The predicted molar refractivity (Wildman–Crippen MR) is 130 cm³/mol. The van der Waals surface area contributed by atoms with Gasteiger partial charge in [-0.2, -0.15) is 0 Å². The number of hydrogen-bond acceptors (Lipinski definition) is 5. The Morgan fingerprint density at radius 3 is 2.50 bits per heavy atom. The lowest BCUT2D eigenvalue weighted by Crippen LogP contribution is -2.52. The average molecular weight is 469 g/mol. The molecule has 1 N–H and O–H groups in total. The number of rotatable bonds is 9. The first-order valence-corrected chi connectivity index (χ1v) is 12.4. The summed E-state index contributed by atoms with van der Waals surface area (Å²) >= 11 is 0. The quantitative estimate of drug-likeness (QED) is 0.499. The smallest absolute Gasteiger partial charge is 0.309 e. The van der Waals surface area contributed by atoms with Crippen molar-refractivity contribution in [2.24, 2.45) is 11.8 Å². The van der Waals surface area contributed by atoms with Gasteiger partial charge in [-0.1, -0.05) is 19.1 Å². The summed E-state index contributed by atoms with van der Waals surface area (Å²) in [5.41, 5.74) is 1.56. The Kier molecular flexibility index (Phi) is 7.36. The molecule has 2 aliphatic rings. The van der Waals surface area contributed by atoms with Crippen LogP contribution in [-0.4, -0.2) is 36.0 Å². The maximum Gasteiger partial charge on any atom is 0.309 e. The highest BCUT2D eigenvalue weighted by Crippen LogP contribution is 2.53. The molecular formula is C28H36O6. The Morgan fingerprint density at radius 1 is 1.09 bits per heavy atom. The second-order valence-corrected chi connectivity index (χ2v) is 9.75. The van der Waals surface area contributed by atoms with Crippen LogP contribution < -0.4 is 14.2 Å². The molecule has 0 spiro atoms. The van der Waals surface area contributed by atoms with E-state index in [1.165, 1.54) is 0 Å². The maximum absolute atomic E-state index is 12.2. The number of aryl methyl sites for hydroxylation is 1. The van der Waals surface area contributed by atoms with Crippen LogP contribution in [0.1, 0.15) is 64.2 Å². The van der Waals surface area contributed by atoms with E-state index in [1.54, 1.807) is 0 Å². The molecule has 2 aromatic carbocycles. The number of fused-ring (bicyclic) bond motifs is 3. The Morgan fingerprint density at radius 2 is 1.82 bits per heavy atom. The van der Waals surface area contributed by atoms with Crippen LogP contribution in [0.3, 0.4) is 0 Å². The van der Waals surface area contributed by atoms with E-state index in [2.05, 4.69) is 6.92 Å². The lowest BCUT2D eigenvalue weighted by molar-refractivity contribution is -0.188. The van der Waals surface area contributed by atoms with E-state index < -0.39 is 17.5 Å². The zero-order valence-corrected chi connectivity index (χ0v) is 20.6. The minimum Gasteiger partial charge on any atom is -0.494 e. The molecule has 0 aromatic heterocycles. The fourth-order valence-corrected chi connectivity index (χ4v) is 5.13. The monoisotopic (exact) mass is 468 g/mol. The molecule has 4 rings (SSSR count). The van der Waals surface area contributed by atoms with Gasteiger partial charge in [0.1, 0.15) is 22.8 Å². The number of hydrogen-bond donors (Lipinski definition) is 1. The van der Waals surface area contributed by atoms with Gasteiger partial charge in [0, 0.05) is 11.5 Å². The van der Waals surface area contributed by atoms with E-state index in [4.69, 9.17) is 18.9 Å². The molecule has 0 radical (unpaired) electrons. The Bertz CT molecular complexity index is 983. The molecule has 0 bridgehead atoms. The molecule has 2 aromatic rings. The molecule has 6 heteroatoms. The van der Waals surface area contributed by atoms with Crippen LogP contribution in [-0.2, 0) is 16.0 Å². The highest BCUT2D eigenvalue weighted by Gasteiger charge is 2.52. The van der Waals surface area contributed by atoms with E-state index in [1.807, 2.05) is 63.2 Å². The predicted octanol–water partition coefficient (Wildman–Crippen LogP) is 5.82. The molecule has 4 atom stereocenters. The van der Waals surface area contributed by atoms with Crippen LogP contribution in [0.4, 0.5) is 0 Å². The van der Waals surface area contributed by atoms with Gasteiger partial charge >= 0.3 is 5.97 Å². The summed E-state index contributed by atoms with van der Waals surface area (Å²) in [7, 11) is 0.